The number of fused-ring (bicyclic) bond motifs is 4. The predicted octanol–water partition coefficient (Wildman–Crippen LogP) is 4.09. The van der Waals surface area contributed by atoms with E-state index in [4.69, 9.17) is 0 Å². The van der Waals surface area contributed by atoms with E-state index in [-0.39, 0.29) is 5.54 Å². The van der Waals surface area contributed by atoms with Crippen LogP contribution in [-0.2, 0) is 17.6 Å². The number of hydrogen-bond donors (Lipinski definition) is 1. The largest absolute Gasteiger partial charge is 0.341 e. The second-order valence-electron chi connectivity index (χ2n) is 10.3. The molecule has 4 aliphatic rings. The number of piperidine rings is 2. The predicted molar refractivity (Wildman–Crippen MR) is 133 cm³/mol. The van der Waals surface area contributed by atoms with Crippen molar-refractivity contribution in [1.82, 2.24) is 15.1 Å². The molecular formula is C28H36N4O. The average molecular weight is 445 g/mol. The molecule has 4 aliphatic heterocycles. The Morgan fingerprint density at radius 1 is 0.848 bits per heavy atom. The Kier molecular flexibility index (Phi) is 5.63. The highest BCUT2D eigenvalue weighted by Crippen LogP contribution is 2.39. The maximum Gasteiger partial charge on any atom is 0.241 e. The minimum atomic E-state index is -0.232. The van der Waals surface area contributed by atoms with Gasteiger partial charge in [0.15, 0.2) is 0 Å². The first-order chi connectivity index (χ1) is 16.2. The molecule has 0 saturated carbocycles. The second-order valence-corrected chi connectivity index (χ2v) is 10.3. The lowest BCUT2D eigenvalue weighted by Gasteiger charge is -2.45. The summed E-state index contributed by atoms with van der Waals surface area (Å²) in [5.74, 6) is 0.298. The number of benzene rings is 2. The fraction of sp³-hybridized carbons (Fsp3) is 0.536. The maximum absolute atomic E-state index is 12.9. The lowest BCUT2D eigenvalue weighted by Crippen LogP contribution is -2.58. The van der Waals surface area contributed by atoms with E-state index in [1.807, 2.05) is 0 Å². The molecule has 1 N–H and O–H groups in total. The van der Waals surface area contributed by atoms with Gasteiger partial charge in [0.25, 0.3) is 0 Å². The van der Waals surface area contributed by atoms with Crippen molar-refractivity contribution in [2.45, 2.75) is 63.1 Å². The second kappa shape index (κ2) is 8.77. The van der Waals surface area contributed by atoms with Gasteiger partial charge in [-0.25, -0.2) is 0 Å². The summed E-state index contributed by atoms with van der Waals surface area (Å²) >= 11 is 0. The van der Waals surface area contributed by atoms with E-state index >= 15 is 0 Å². The SMILES string of the molecule is O=C1NC2CCCCN2C12CCN(CCCN1c3ccccc3CCc3ccccc31)CC2. The molecule has 0 bridgehead atoms. The Bertz CT molecular complexity index is 965. The Labute approximate surface area is 197 Å². The number of nitrogens with one attached hydrogen (secondary N) is 1. The molecule has 2 aromatic rings. The van der Waals surface area contributed by atoms with E-state index in [1.165, 1.54) is 35.3 Å². The van der Waals surface area contributed by atoms with Gasteiger partial charge in [-0.05, 0) is 81.2 Å². The van der Waals surface area contributed by atoms with E-state index in [0.717, 1.165) is 71.2 Å². The van der Waals surface area contributed by atoms with Crippen molar-refractivity contribution < 1.29 is 4.79 Å². The van der Waals surface area contributed by atoms with E-state index in [2.05, 4.69) is 68.5 Å². The Morgan fingerprint density at radius 3 is 2.21 bits per heavy atom. The highest BCUT2D eigenvalue weighted by atomic mass is 16.2. The summed E-state index contributed by atoms with van der Waals surface area (Å²) in [6, 6.07) is 17.8. The summed E-state index contributed by atoms with van der Waals surface area (Å²) < 4.78 is 0. The monoisotopic (exact) mass is 444 g/mol. The summed E-state index contributed by atoms with van der Waals surface area (Å²) in [7, 11) is 0. The number of rotatable bonds is 4. The number of likely N-dealkylation sites (tertiary alicyclic amines) is 1. The minimum absolute atomic E-state index is 0.232. The van der Waals surface area contributed by atoms with Gasteiger partial charge in [-0.15, -0.1) is 0 Å². The van der Waals surface area contributed by atoms with Crippen LogP contribution in [0.5, 0.6) is 0 Å². The van der Waals surface area contributed by atoms with E-state index in [9.17, 15) is 4.79 Å². The van der Waals surface area contributed by atoms with Gasteiger partial charge in [0.1, 0.15) is 5.54 Å². The maximum atomic E-state index is 12.9. The molecule has 1 unspecified atom stereocenters. The molecule has 3 fully saturated rings. The highest BCUT2D eigenvalue weighted by Gasteiger charge is 2.54. The normalized spacial score (nSPS) is 24.7. The first-order valence-corrected chi connectivity index (χ1v) is 13.0. The molecule has 1 spiro atoms. The first-order valence-electron chi connectivity index (χ1n) is 13.0. The molecule has 174 valence electrons. The number of nitrogens with zero attached hydrogens (tertiary/aromatic N) is 3. The molecule has 5 heteroatoms. The summed E-state index contributed by atoms with van der Waals surface area (Å²) in [6.45, 7) is 5.27. The molecule has 0 radical (unpaired) electrons. The van der Waals surface area contributed by atoms with Crippen molar-refractivity contribution in [2.75, 3.05) is 37.6 Å². The van der Waals surface area contributed by atoms with Crippen LogP contribution in [0.25, 0.3) is 0 Å². The van der Waals surface area contributed by atoms with Gasteiger partial charge in [-0.3, -0.25) is 9.69 Å². The summed E-state index contributed by atoms with van der Waals surface area (Å²) in [6.07, 6.45) is 9.19. The van der Waals surface area contributed by atoms with E-state index < -0.39 is 0 Å². The third kappa shape index (κ3) is 3.75. The van der Waals surface area contributed by atoms with Crippen LogP contribution < -0.4 is 10.2 Å². The van der Waals surface area contributed by atoms with Crippen molar-refractivity contribution in [2.24, 2.45) is 0 Å². The Hall–Kier alpha value is -2.37. The fourth-order valence-electron chi connectivity index (χ4n) is 6.73. The summed E-state index contributed by atoms with van der Waals surface area (Å²) in [4.78, 5) is 20.6. The topological polar surface area (TPSA) is 38.8 Å². The average Bonchev–Trinajstić information content (AvgIpc) is 3.02. The number of para-hydroxylation sites is 2. The van der Waals surface area contributed by atoms with Crippen LogP contribution in [0, 0.1) is 0 Å². The number of anilines is 2. The third-order valence-corrected chi connectivity index (χ3v) is 8.54. The lowest BCUT2D eigenvalue weighted by atomic mass is 9.85. The molecule has 1 amide bonds. The van der Waals surface area contributed by atoms with Gasteiger partial charge < -0.3 is 15.1 Å². The van der Waals surface area contributed by atoms with Crippen molar-refractivity contribution in [1.29, 1.82) is 0 Å². The van der Waals surface area contributed by atoms with Crippen molar-refractivity contribution in [3.8, 4) is 0 Å². The van der Waals surface area contributed by atoms with Crippen molar-refractivity contribution >= 4 is 17.3 Å². The van der Waals surface area contributed by atoms with Crippen LogP contribution in [0.4, 0.5) is 11.4 Å². The van der Waals surface area contributed by atoms with Crippen molar-refractivity contribution in [3.05, 3.63) is 59.7 Å². The van der Waals surface area contributed by atoms with Gasteiger partial charge >= 0.3 is 0 Å². The summed E-state index contributed by atoms with van der Waals surface area (Å²) in [5, 5.41) is 3.30. The van der Waals surface area contributed by atoms with Crippen LogP contribution >= 0.6 is 0 Å². The molecule has 0 aromatic heterocycles. The molecule has 33 heavy (non-hydrogen) atoms. The number of amides is 1. The van der Waals surface area contributed by atoms with Crippen LogP contribution in [0.15, 0.2) is 48.5 Å². The van der Waals surface area contributed by atoms with E-state index in [1.54, 1.807) is 0 Å². The molecule has 5 nitrogen and oxygen atoms in total. The molecule has 6 rings (SSSR count). The Balaban J connectivity index is 1.11. The standard InChI is InChI=1S/C28H36N4O/c33-27-28(32-19-6-5-12-26(32)29-27)15-20-30(21-16-28)17-7-18-31-24-10-3-1-8-22(24)13-14-23-9-2-4-11-25(23)31/h1-4,8-11,26H,5-7,12-21H2,(H,29,33). The number of carbonyl (C=O) groups is 1. The van der Waals surface area contributed by atoms with Crippen LogP contribution in [0.3, 0.4) is 0 Å². The zero-order valence-corrected chi connectivity index (χ0v) is 19.6. The number of carbonyl (C=O) groups excluding carboxylic acids is 1. The smallest absolute Gasteiger partial charge is 0.241 e. The van der Waals surface area contributed by atoms with Gasteiger partial charge in [0, 0.05) is 37.6 Å². The molecule has 2 aromatic carbocycles. The zero-order chi connectivity index (χ0) is 22.3. The zero-order valence-electron chi connectivity index (χ0n) is 19.6. The highest BCUT2D eigenvalue weighted by molar-refractivity contribution is 5.89. The van der Waals surface area contributed by atoms with Crippen LogP contribution in [-0.4, -0.2) is 60.1 Å². The van der Waals surface area contributed by atoms with Crippen LogP contribution in [0.2, 0.25) is 0 Å². The lowest BCUT2D eigenvalue weighted by molar-refractivity contribution is -0.129. The number of aryl methyl sites for hydroxylation is 2. The first kappa shape index (κ1) is 21.2. The quantitative estimate of drug-likeness (QED) is 0.771. The third-order valence-electron chi connectivity index (χ3n) is 8.54. The van der Waals surface area contributed by atoms with Crippen LogP contribution in [0.1, 0.15) is 49.7 Å². The van der Waals surface area contributed by atoms with Crippen molar-refractivity contribution in [3.63, 3.8) is 0 Å². The number of hydrogen-bond acceptors (Lipinski definition) is 4. The fourth-order valence-corrected chi connectivity index (χ4v) is 6.73. The van der Waals surface area contributed by atoms with Gasteiger partial charge in [-0.1, -0.05) is 36.4 Å². The molecule has 3 saturated heterocycles. The summed E-state index contributed by atoms with van der Waals surface area (Å²) in [5.41, 5.74) is 5.43. The minimum Gasteiger partial charge on any atom is -0.341 e. The molecule has 4 heterocycles. The van der Waals surface area contributed by atoms with Gasteiger partial charge in [-0.2, -0.15) is 0 Å². The van der Waals surface area contributed by atoms with Gasteiger partial charge in [0.2, 0.25) is 5.91 Å². The molecule has 0 aliphatic carbocycles. The molecular weight excluding hydrogens is 408 g/mol. The molecule has 1 atom stereocenters. The van der Waals surface area contributed by atoms with Gasteiger partial charge in [0.05, 0.1) is 6.17 Å². The Morgan fingerprint density at radius 2 is 1.52 bits per heavy atom. The van der Waals surface area contributed by atoms with E-state index in [0.29, 0.717) is 12.1 Å².